The maximum atomic E-state index is 14.0. The minimum atomic E-state index is -5.08. The number of carboxylic acid groups (broad SMARTS) is 1. The van der Waals surface area contributed by atoms with Gasteiger partial charge in [0.1, 0.15) is 11.9 Å². The Kier molecular flexibility index (Phi) is 7.34. The molecule has 1 saturated carbocycles. The van der Waals surface area contributed by atoms with E-state index in [4.69, 9.17) is 23.9 Å². The van der Waals surface area contributed by atoms with Crippen molar-refractivity contribution in [3.63, 3.8) is 0 Å². The quantitative estimate of drug-likeness (QED) is 0.693. The van der Waals surface area contributed by atoms with Crippen LogP contribution in [0.5, 0.6) is 5.88 Å². The molecule has 0 radical (unpaired) electrons. The van der Waals surface area contributed by atoms with E-state index in [9.17, 15) is 17.6 Å². The zero-order valence-corrected chi connectivity index (χ0v) is 17.4. The summed E-state index contributed by atoms with van der Waals surface area (Å²) in [4.78, 5) is 15.3. The summed E-state index contributed by atoms with van der Waals surface area (Å²) < 4.78 is 62.9. The van der Waals surface area contributed by atoms with Crippen molar-refractivity contribution in [3.8, 4) is 5.88 Å². The van der Waals surface area contributed by atoms with E-state index in [0.29, 0.717) is 6.61 Å². The number of nitrogens with zero attached hydrogens (tertiary/aromatic N) is 3. The minimum absolute atomic E-state index is 0.0268. The van der Waals surface area contributed by atoms with Gasteiger partial charge in [0.25, 0.3) is 5.88 Å². The lowest BCUT2D eigenvalue weighted by Gasteiger charge is -2.31. The number of aliphatic carboxylic acids is 1. The molecule has 2 aromatic heterocycles. The average Bonchev–Trinajstić information content (AvgIpc) is 3.19. The number of aryl methyl sites for hydroxylation is 2. The Morgan fingerprint density at radius 1 is 1.34 bits per heavy atom. The molecule has 0 aromatic carbocycles. The predicted molar refractivity (Wildman–Crippen MR) is 101 cm³/mol. The topological polar surface area (TPSA) is 97.9 Å². The molecule has 176 valence electrons. The van der Waals surface area contributed by atoms with Gasteiger partial charge in [-0.3, -0.25) is 4.90 Å². The van der Waals surface area contributed by atoms with Gasteiger partial charge < -0.3 is 19.1 Å². The molecule has 3 unspecified atom stereocenters. The molecule has 0 amide bonds. The maximum absolute atomic E-state index is 14.0. The first kappa shape index (κ1) is 23.9. The Bertz CT molecular complexity index is 917. The molecule has 4 rings (SSSR count). The average molecular weight is 461 g/mol. The summed E-state index contributed by atoms with van der Waals surface area (Å²) in [5.41, 5.74) is 2.01. The van der Waals surface area contributed by atoms with Crippen LogP contribution >= 0.6 is 0 Å². The van der Waals surface area contributed by atoms with E-state index in [1.54, 1.807) is 12.3 Å². The van der Waals surface area contributed by atoms with Gasteiger partial charge in [0.05, 0.1) is 18.4 Å². The summed E-state index contributed by atoms with van der Waals surface area (Å²) >= 11 is 0. The maximum Gasteiger partial charge on any atom is 0.490 e. The SMILES string of the molecule is Cc1noc(C)c1CN1CCOC2CCC1C2Oc1ncccc1F.O=C(O)C(F)(F)F. The second kappa shape index (κ2) is 9.82. The van der Waals surface area contributed by atoms with Crippen LogP contribution in [0.1, 0.15) is 29.9 Å². The number of rotatable bonds is 4. The molecule has 2 aromatic rings. The molecule has 32 heavy (non-hydrogen) atoms. The van der Waals surface area contributed by atoms with Crippen molar-refractivity contribution >= 4 is 5.97 Å². The largest absolute Gasteiger partial charge is 0.490 e. The molecule has 1 aliphatic carbocycles. The van der Waals surface area contributed by atoms with Gasteiger partial charge >= 0.3 is 12.1 Å². The second-order valence-corrected chi connectivity index (χ2v) is 7.50. The molecule has 0 spiro atoms. The molecule has 1 saturated heterocycles. The number of carboxylic acids is 1. The van der Waals surface area contributed by atoms with E-state index in [0.717, 1.165) is 42.9 Å². The first-order chi connectivity index (χ1) is 15.1. The summed E-state index contributed by atoms with van der Waals surface area (Å²) in [5.74, 6) is -2.31. The van der Waals surface area contributed by atoms with Gasteiger partial charge in [0.2, 0.25) is 0 Å². The number of aromatic nitrogens is 2. The second-order valence-electron chi connectivity index (χ2n) is 7.50. The first-order valence-corrected chi connectivity index (χ1v) is 9.92. The van der Waals surface area contributed by atoms with Gasteiger partial charge in [-0.15, -0.1) is 0 Å². The summed E-state index contributed by atoms with van der Waals surface area (Å²) in [7, 11) is 0. The van der Waals surface area contributed by atoms with E-state index < -0.39 is 18.0 Å². The smallest absolute Gasteiger partial charge is 0.475 e. The monoisotopic (exact) mass is 461 g/mol. The van der Waals surface area contributed by atoms with Gasteiger partial charge in [-0.05, 0) is 38.8 Å². The highest BCUT2D eigenvalue weighted by atomic mass is 19.4. The van der Waals surface area contributed by atoms with Crippen molar-refractivity contribution in [2.75, 3.05) is 13.2 Å². The molecule has 2 bridgehead atoms. The Balaban J connectivity index is 0.000000360. The van der Waals surface area contributed by atoms with Crippen LogP contribution in [0.3, 0.4) is 0 Å². The lowest BCUT2D eigenvalue weighted by molar-refractivity contribution is -0.192. The molecule has 1 N–H and O–H groups in total. The lowest BCUT2D eigenvalue weighted by atomic mass is 10.1. The minimum Gasteiger partial charge on any atom is -0.475 e. The number of halogens is 4. The number of pyridine rings is 1. The Morgan fingerprint density at radius 3 is 2.66 bits per heavy atom. The van der Waals surface area contributed by atoms with Crippen LogP contribution in [0.25, 0.3) is 0 Å². The summed E-state index contributed by atoms with van der Waals surface area (Å²) in [6, 6.07) is 3.08. The van der Waals surface area contributed by atoms with Crippen LogP contribution in [-0.4, -0.2) is 63.7 Å². The lowest BCUT2D eigenvalue weighted by Crippen LogP contribution is -2.44. The number of fused-ring (bicyclic) bond motifs is 2. The van der Waals surface area contributed by atoms with Gasteiger partial charge in [0, 0.05) is 30.9 Å². The number of hydrogen-bond acceptors (Lipinski definition) is 7. The van der Waals surface area contributed by atoms with Crippen LogP contribution in [0, 0.1) is 19.7 Å². The Morgan fingerprint density at radius 2 is 2.06 bits per heavy atom. The molecule has 1 aliphatic heterocycles. The van der Waals surface area contributed by atoms with E-state index in [1.165, 1.54) is 6.07 Å². The highest BCUT2D eigenvalue weighted by Gasteiger charge is 2.44. The molecular weight excluding hydrogens is 438 g/mol. The molecule has 3 heterocycles. The van der Waals surface area contributed by atoms with Crippen molar-refractivity contribution in [2.45, 2.75) is 57.7 Å². The predicted octanol–water partition coefficient (Wildman–Crippen LogP) is 3.27. The van der Waals surface area contributed by atoms with Crippen LogP contribution in [0.4, 0.5) is 17.6 Å². The van der Waals surface area contributed by atoms with Crippen molar-refractivity contribution in [1.82, 2.24) is 15.0 Å². The molecule has 2 fully saturated rings. The first-order valence-electron chi connectivity index (χ1n) is 9.92. The van der Waals surface area contributed by atoms with Gasteiger partial charge in [-0.1, -0.05) is 5.16 Å². The van der Waals surface area contributed by atoms with Crippen LogP contribution < -0.4 is 4.74 Å². The van der Waals surface area contributed by atoms with Crippen molar-refractivity contribution in [1.29, 1.82) is 0 Å². The molecular formula is C20H23F4N3O5. The summed E-state index contributed by atoms with van der Waals surface area (Å²) in [6.45, 7) is 6.05. The number of carbonyl (C=O) groups is 1. The Labute approximate surface area is 181 Å². The van der Waals surface area contributed by atoms with Crippen molar-refractivity contribution < 1.29 is 41.5 Å². The zero-order valence-electron chi connectivity index (χ0n) is 17.4. The van der Waals surface area contributed by atoms with Crippen molar-refractivity contribution in [2.24, 2.45) is 0 Å². The highest BCUT2D eigenvalue weighted by molar-refractivity contribution is 5.73. The fraction of sp³-hybridized carbons (Fsp3) is 0.550. The third-order valence-corrected chi connectivity index (χ3v) is 5.43. The van der Waals surface area contributed by atoms with Crippen LogP contribution in [0.15, 0.2) is 22.9 Å². The fourth-order valence-corrected chi connectivity index (χ4v) is 3.84. The van der Waals surface area contributed by atoms with Crippen LogP contribution in [-0.2, 0) is 16.1 Å². The number of alkyl halides is 3. The standard InChI is InChI=1S/C18H22FN3O3.C2HF3O2/c1-11-13(12(2)25-21-11)10-22-8-9-23-16-6-5-15(22)17(16)24-18-14(19)4-3-7-20-18;3-2(4,5)1(6)7/h3-4,7,15-17H,5-6,8-10H2,1-2H3;(H,6,7). The Hall–Kier alpha value is -2.73. The fourth-order valence-electron chi connectivity index (χ4n) is 3.84. The normalized spacial score (nSPS) is 23.2. The third kappa shape index (κ3) is 5.54. The zero-order chi connectivity index (χ0) is 23.5. The third-order valence-electron chi connectivity index (χ3n) is 5.43. The van der Waals surface area contributed by atoms with E-state index in [1.807, 2.05) is 13.8 Å². The van der Waals surface area contributed by atoms with E-state index >= 15 is 0 Å². The van der Waals surface area contributed by atoms with Gasteiger partial charge in [-0.25, -0.2) is 14.2 Å². The van der Waals surface area contributed by atoms with E-state index in [2.05, 4.69) is 15.0 Å². The van der Waals surface area contributed by atoms with Gasteiger partial charge in [-0.2, -0.15) is 13.2 Å². The summed E-state index contributed by atoms with van der Waals surface area (Å²) in [5, 5.41) is 11.2. The number of ether oxygens (including phenoxy) is 2. The molecule has 8 nitrogen and oxygen atoms in total. The van der Waals surface area contributed by atoms with Crippen molar-refractivity contribution in [3.05, 3.63) is 41.2 Å². The number of hydrogen-bond donors (Lipinski definition) is 1. The highest BCUT2D eigenvalue weighted by Crippen LogP contribution is 2.34. The summed E-state index contributed by atoms with van der Waals surface area (Å²) in [6.07, 6.45) is -1.94. The van der Waals surface area contributed by atoms with Crippen LogP contribution in [0.2, 0.25) is 0 Å². The molecule has 3 atom stereocenters. The molecule has 2 aliphatic rings. The van der Waals surface area contributed by atoms with E-state index in [-0.39, 0.29) is 24.1 Å². The molecule has 12 heteroatoms. The van der Waals surface area contributed by atoms with Gasteiger partial charge in [0.15, 0.2) is 5.82 Å².